The molecular weight excluding hydrogens is 374 g/mol. The van der Waals surface area contributed by atoms with Gasteiger partial charge in [0.2, 0.25) is 0 Å². The van der Waals surface area contributed by atoms with Gasteiger partial charge in [0.15, 0.2) is 0 Å². The molecule has 5 nitrogen and oxygen atoms in total. The Hall–Kier alpha value is -2.37. The number of nitrogens with zero attached hydrogens (tertiary/aromatic N) is 2. The SMILES string of the molecule is CCC(C)(C)NC(=O)c1ccc(N(C)[C@H](CN2CC[C@H](O)C2)c2ccccc2)cc1. The van der Waals surface area contributed by atoms with E-state index in [1.807, 2.05) is 44.2 Å². The van der Waals surface area contributed by atoms with E-state index in [9.17, 15) is 9.90 Å². The van der Waals surface area contributed by atoms with E-state index in [1.54, 1.807) is 0 Å². The van der Waals surface area contributed by atoms with E-state index in [-0.39, 0.29) is 23.6 Å². The highest BCUT2D eigenvalue weighted by Gasteiger charge is 2.26. The second-order valence-corrected chi connectivity index (χ2v) is 8.98. The highest BCUT2D eigenvalue weighted by Crippen LogP contribution is 2.28. The third-order valence-electron chi connectivity index (χ3n) is 6.20. The van der Waals surface area contributed by atoms with Crippen molar-refractivity contribution >= 4 is 11.6 Å². The van der Waals surface area contributed by atoms with Crippen LogP contribution in [-0.2, 0) is 0 Å². The number of likely N-dealkylation sites (tertiary alicyclic amines) is 1. The van der Waals surface area contributed by atoms with Gasteiger partial charge in [0.25, 0.3) is 5.91 Å². The zero-order valence-electron chi connectivity index (χ0n) is 18.6. The van der Waals surface area contributed by atoms with Crippen molar-refractivity contribution in [3.05, 3.63) is 65.7 Å². The number of hydrogen-bond acceptors (Lipinski definition) is 4. The number of likely N-dealkylation sites (N-methyl/N-ethyl adjacent to an activating group) is 1. The molecule has 0 spiro atoms. The Balaban J connectivity index is 1.77. The van der Waals surface area contributed by atoms with Gasteiger partial charge in [0, 0.05) is 43.5 Å². The van der Waals surface area contributed by atoms with Crippen LogP contribution in [0, 0.1) is 0 Å². The van der Waals surface area contributed by atoms with Crippen LogP contribution in [0.15, 0.2) is 54.6 Å². The number of amides is 1. The molecule has 3 rings (SSSR count). The van der Waals surface area contributed by atoms with Crippen molar-refractivity contribution in [2.24, 2.45) is 0 Å². The number of aliphatic hydroxyl groups is 1. The highest BCUT2D eigenvalue weighted by atomic mass is 16.3. The molecule has 2 N–H and O–H groups in total. The summed E-state index contributed by atoms with van der Waals surface area (Å²) in [6, 6.07) is 18.5. The van der Waals surface area contributed by atoms with Crippen molar-refractivity contribution in [1.82, 2.24) is 10.2 Å². The van der Waals surface area contributed by atoms with Crippen LogP contribution >= 0.6 is 0 Å². The van der Waals surface area contributed by atoms with Gasteiger partial charge in [-0.25, -0.2) is 0 Å². The summed E-state index contributed by atoms with van der Waals surface area (Å²) in [7, 11) is 2.10. The summed E-state index contributed by atoms with van der Waals surface area (Å²) < 4.78 is 0. The molecule has 0 bridgehead atoms. The van der Waals surface area contributed by atoms with E-state index in [0.29, 0.717) is 5.56 Å². The molecule has 1 fully saturated rings. The van der Waals surface area contributed by atoms with E-state index < -0.39 is 0 Å². The van der Waals surface area contributed by atoms with E-state index in [4.69, 9.17) is 0 Å². The molecule has 0 aliphatic carbocycles. The molecule has 5 heteroatoms. The Labute approximate surface area is 180 Å². The van der Waals surface area contributed by atoms with Crippen molar-refractivity contribution in [1.29, 1.82) is 0 Å². The van der Waals surface area contributed by atoms with Crippen LogP contribution in [0.1, 0.15) is 55.6 Å². The molecule has 0 saturated carbocycles. The summed E-state index contributed by atoms with van der Waals surface area (Å²) in [5, 5.41) is 13.0. The van der Waals surface area contributed by atoms with E-state index in [2.05, 4.69) is 53.4 Å². The summed E-state index contributed by atoms with van der Waals surface area (Å²) in [6.45, 7) is 8.64. The number of hydrogen-bond donors (Lipinski definition) is 2. The third-order valence-corrected chi connectivity index (χ3v) is 6.20. The number of aliphatic hydroxyl groups excluding tert-OH is 1. The molecule has 1 amide bonds. The molecular formula is C25H35N3O2. The van der Waals surface area contributed by atoms with Gasteiger partial charge in [0.05, 0.1) is 12.1 Å². The molecule has 0 unspecified atom stereocenters. The van der Waals surface area contributed by atoms with Crippen LogP contribution in [-0.4, -0.2) is 54.2 Å². The van der Waals surface area contributed by atoms with E-state index in [1.165, 1.54) is 5.56 Å². The molecule has 1 aliphatic heterocycles. The van der Waals surface area contributed by atoms with Crippen LogP contribution in [0.25, 0.3) is 0 Å². The zero-order chi connectivity index (χ0) is 21.7. The monoisotopic (exact) mass is 409 g/mol. The standard InChI is InChI=1S/C25H35N3O2/c1-5-25(2,3)26-24(30)20-11-13-21(14-12-20)27(4)23(19-9-7-6-8-10-19)18-28-16-15-22(29)17-28/h6-14,22-23,29H,5,15-18H2,1-4H3,(H,26,30)/t22-,23+/m0/s1. The summed E-state index contributed by atoms with van der Waals surface area (Å²) in [5.41, 5.74) is 2.76. The second kappa shape index (κ2) is 9.63. The maximum Gasteiger partial charge on any atom is 0.251 e. The molecule has 0 aromatic heterocycles. The Morgan fingerprint density at radius 1 is 1.20 bits per heavy atom. The Morgan fingerprint density at radius 3 is 2.43 bits per heavy atom. The minimum atomic E-state index is -0.225. The van der Waals surface area contributed by atoms with Crippen LogP contribution in [0.4, 0.5) is 5.69 Å². The first kappa shape index (κ1) is 22.3. The Bertz CT molecular complexity index is 820. The van der Waals surface area contributed by atoms with Gasteiger partial charge in [-0.1, -0.05) is 37.3 Å². The summed E-state index contributed by atoms with van der Waals surface area (Å²) in [4.78, 5) is 17.2. The predicted molar refractivity (Wildman–Crippen MR) is 123 cm³/mol. The smallest absolute Gasteiger partial charge is 0.251 e. The molecule has 1 aliphatic rings. The number of rotatable bonds is 8. The number of nitrogens with one attached hydrogen (secondary N) is 1. The topological polar surface area (TPSA) is 55.8 Å². The van der Waals surface area contributed by atoms with Crippen LogP contribution in [0.5, 0.6) is 0 Å². The Morgan fingerprint density at radius 2 is 1.87 bits per heavy atom. The lowest BCUT2D eigenvalue weighted by Gasteiger charge is -2.33. The minimum absolute atomic E-state index is 0.0401. The summed E-state index contributed by atoms with van der Waals surface area (Å²) >= 11 is 0. The number of β-amino-alcohol motifs (C(OH)–C–C–N with tert-alkyl or cyclic N) is 1. The third kappa shape index (κ3) is 5.61. The first-order chi connectivity index (χ1) is 14.3. The molecule has 2 aromatic carbocycles. The fraction of sp³-hybridized carbons (Fsp3) is 0.480. The fourth-order valence-corrected chi connectivity index (χ4v) is 3.85. The summed E-state index contributed by atoms with van der Waals surface area (Å²) in [5.74, 6) is -0.0401. The van der Waals surface area contributed by atoms with Gasteiger partial charge in [-0.15, -0.1) is 0 Å². The highest BCUT2D eigenvalue weighted by molar-refractivity contribution is 5.95. The largest absolute Gasteiger partial charge is 0.392 e. The maximum absolute atomic E-state index is 12.6. The van der Waals surface area contributed by atoms with Gasteiger partial charge >= 0.3 is 0 Å². The van der Waals surface area contributed by atoms with E-state index >= 15 is 0 Å². The lowest BCUT2D eigenvalue weighted by atomic mass is 10.0. The zero-order valence-corrected chi connectivity index (χ0v) is 18.6. The molecule has 2 aromatic rings. The van der Waals surface area contributed by atoms with Crippen LogP contribution in [0.2, 0.25) is 0 Å². The van der Waals surface area contributed by atoms with Crippen molar-refractivity contribution in [3.8, 4) is 0 Å². The molecule has 1 heterocycles. The number of carbonyl (C=O) groups is 1. The average molecular weight is 410 g/mol. The predicted octanol–water partition coefficient (Wildman–Crippen LogP) is 3.85. The van der Waals surface area contributed by atoms with Crippen molar-refractivity contribution < 1.29 is 9.90 Å². The van der Waals surface area contributed by atoms with E-state index in [0.717, 1.165) is 38.2 Å². The van der Waals surface area contributed by atoms with Crippen molar-refractivity contribution in [2.75, 3.05) is 31.6 Å². The van der Waals surface area contributed by atoms with Gasteiger partial charge in [-0.2, -0.15) is 0 Å². The van der Waals surface area contributed by atoms with Gasteiger partial charge in [0.1, 0.15) is 0 Å². The normalized spacial score (nSPS) is 18.2. The van der Waals surface area contributed by atoms with Crippen LogP contribution < -0.4 is 10.2 Å². The minimum Gasteiger partial charge on any atom is -0.392 e. The molecule has 30 heavy (non-hydrogen) atoms. The maximum atomic E-state index is 12.6. The summed E-state index contributed by atoms with van der Waals surface area (Å²) in [6.07, 6.45) is 1.49. The van der Waals surface area contributed by atoms with Crippen LogP contribution in [0.3, 0.4) is 0 Å². The number of carbonyl (C=O) groups excluding carboxylic acids is 1. The molecule has 0 radical (unpaired) electrons. The van der Waals surface area contributed by atoms with Gasteiger partial charge in [-0.05, 0) is 56.5 Å². The average Bonchev–Trinajstić information content (AvgIpc) is 3.17. The first-order valence-electron chi connectivity index (χ1n) is 10.9. The van der Waals surface area contributed by atoms with Crippen molar-refractivity contribution in [2.45, 2.75) is 51.3 Å². The number of benzene rings is 2. The number of anilines is 1. The molecule has 2 atom stereocenters. The molecule has 162 valence electrons. The molecule has 1 saturated heterocycles. The second-order valence-electron chi connectivity index (χ2n) is 8.98. The first-order valence-corrected chi connectivity index (χ1v) is 10.9. The lowest BCUT2D eigenvalue weighted by molar-refractivity contribution is 0.0911. The van der Waals surface area contributed by atoms with Gasteiger partial charge < -0.3 is 15.3 Å². The fourth-order valence-electron chi connectivity index (χ4n) is 3.85. The lowest BCUT2D eigenvalue weighted by Crippen LogP contribution is -2.42. The van der Waals surface area contributed by atoms with Gasteiger partial charge in [-0.3, -0.25) is 9.69 Å². The Kier molecular flexibility index (Phi) is 7.16. The van der Waals surface area contributed by atoms with Crippen molar-refractivity contribution in [3.63, 3.8) is 0 Å². The quantitative estimate of drug-likeness (QED) is 0.695.